The molecule has 176 valence electrons. The Kier molecular flexibility index (Phi) is 6.14. The number of anilines is 2. The summed E-state index contributed by atoms with van der Waals surface area (Å²) < 4.78 is 91.6. The highest BCUT2D eigenvalue weighted by molar-refractivity contribution is 5.58. The molecule has 0 unspecified atom stereocenters. The molecular formula is C23H20F6N2O2. The summed E-state index contributed by atoms with van der Waals surface area (Å²) in [6, 6.07) is 7.71. The van der Waals surface area contributed by atoms with Crippen molar-refractivity contribution in [1.82, 2.24) is 0 Å². The molecular weight excluding hydrogens is 450 g/mol. The molecule has 0 aliphatic rings. The van der Waals surface area contributed by atoms with Crippen LogP contribution in [0.1, 0.15) is 27.8 Å². The summed E-state index contributed by atoms with van der Waals surface area (Å²) in [6.45, 7) is 4.69. The first-order chi connectivity index (χ1) is 15.2. The van der Waals surface area contributed by atoms with Crippen molar-refractivity contribution in [3.05, 3.63) is 70.3 Å². The molecule has 33 heavy (non-hydrogen) atoms. The van der Waals surface area contributed by atoms with Crippen LogP contribution in [0.25, 0.3) is 0 Å². The summed E-state index contributed by atoms with van der Waals surface area (Å²) in [7, 11) is 0. The van der Waals surface area contributed by atoms with E-state index in [0.29, 0.717) is 16.7 Å². The van der Waals surface area contributed by atoms with Crippen molar-refractivity contribution in [1.29, 1.82) is 0 Å². The Morgan fingerprint density at radius 1 is 0.606 bits per heavy atom. The van der Waals surface area contributed by atoms with Crippen LogP contribution in [0.2, 0.25) is 0 Å². The third kappa shape index (κ3) is 5.10. The van der Waals surface area contributed by atoms with Gasteiger partial charge in [0.1, 0.15) is 34.1 Å². The topological polar surface area (TPSA) is 70.5 Å². The Balaban J connectivity index is 2.03. The van der Waals surface area contributed by atoms with Gasteiger partial charge in [0.15, 0.2) is 0 Å². The number of aryl methyl sites for hydroxylation is 1. The molecule has 3 rings (SSSR count). The molecule has 4 nitrogen and oxygen atoms in total. The van der Waals surface area contributed by atoms with Crippen molar-refractivity contribution in [2.75, 3.05) is 11.5 Å². The van der Waals surface area contributed by atoms with Crippen molar-refractivity contribution in [2.45, 2.75) is 33.1 Å². The molecule has 0 heterocycles. The van der Waals surface area contributed by atoms with Crippen molar-refractivity contribution in [3.8, 4) is 23.0 Å². The summed E-state index contributed by atoms with van der Waals surface area (Å²) in [5.41, 5.74) is 9.88. The molecule has 0 radical (unpaired) electrons. The molecule has 0 atom stereocenters. The number of rotatable bonds is 4. The molecule has 0 bridgehead atoms. The summed E-state index contributed by atoms with van der Waals surface area (Å²) >= 11 is 0. The average molecular weight is 470 g/mol. The maximum atomic E-state index is 13.4. The minimum atomic E-state index is -4.70. The Hall–Kier alpha value is -3.56. The quantitative estimate of drug-likeness (QED) is 0.308. The number of hydrogen-bond donors (Lipinski definition) is 2. The van der Waals surface area contributed by atoms with E-state index in [-0.39, 0.29) is 22.9 Å². The van der Waals surface area contributed by atoms with E-state index in [0.717, 1.165) is 24.3 Å². The normalized spacial score (nSPS) is 12.0. The van der Waals surface area contributed by atoms with Gasteiger partial charge >= 0.3 is 12.4 Å². The van der Waals surface area contributed by atoms with Gasteiger partial charge in [-0.3, -0.25) is 0 Å². The molecule has 0 aliphatic carbocycles. The Morgan fingerprint density at radius 3 is 1.52 bits per heavy atom. The van der Waals surface area contributed by atoms with Crippen LogP contribution in [0.5, 0.6) is 23.0 Å². The van der Waals surface area contributed by atoms with Gasteiger partial charge < -0.3 is 20.9 Å². The standard InChI is InChI=1S/C23H20F6N2O2/c1-11-8-20(32-18-6-4-14(30)9-16(18)22(24,25)26)12(2)13(3)21(11)33-19-7-5-15(31)10-17(19)23(27,28)29/h4-10H,30-31H2,1-3H3. The van der Waals surface area contributed by atoms with Crippen molar-refractivity contribution in [3.63, 3.8) is 0 Å². The first-order valence-electron chi connectivity index (χ1n) is 9.58. The van der Waals surface area contributed by atoms with Crippen LogP contribution < -0.4 is 20.9 Å². The largest absolute Gasteiger partial charge is 0.456 e. The van der Waals surface area contributed by atoms with Gasteiger partial charge in [-0.1, -0.05) is 0 Å². The zero-order valence-electron chi connectivity index (χ0n) is 17.8. The second-order valence-corrected chi connectivity index (χ2v) is 7.48. The highest BCUT2D eigenvalue weighted by atomic mass is 19.4. The van der Waals surface area contributed by atoms with Gasteiger partial charge in [0.2, 0.25) is 0 Å². The Bertz CT molecular complexity index is 1200. The van der Waals surface area contributed by atoms with E-state index in [1.165, 1.54) is 18.2 Å². The average Bonchev–Trinajstić information content (AvgIpc) is 2.70. The maximum absolute atomic E-state index is 13.4. The lowest BCUT2D eigenvalue weighted by Gasteiger charge is -2.21. The van der Waals surface area contributed by atoms with E-state index in [1.54, 1.807) is 20.8 Å². The first-order valence-corrected chi connectivity index (χ1v) is 9.58. The predicted octanol–water partition coefficient (Wildman–Crippen LogP) is 7.40. The van der Waals surface area contributed by atoms with Crippen molar-refractivity contribution >= 4 is 11.4 Å². The molecule has 0 spiro atoms. The minimum Gasteiger partial charge on any atom is -0.456 e. The second-order valence-electron chi connectivity index (χ2n) is 7.48. The lowest BCUT2D eigenvalue weighted by molar-refractivity contribution is -0.139. The molecule has 0 amide bonds. The van der Waals surface area contributed by atoms with E-state index in [4.69, 9.17) is 20.9 Å². The molecule has 0 saturated heterocycles. The third-order valence-electron chi connectivity index (χ3n) is 5.03. The number of alkyl halides is 6. The van der Waals surface area contributed by atoms with Crippen LogP contribution in [-0.2, 0) is 12.4 Å². The van der Waals surface area contributed by atoms with Crippen LogP contribution in [0.4, 0.5) is 37.7 Å². The van der Waals surface area contributed by atoms with Gasteiger partial charge in [0.05, 0.1) is 0 Å². The molecule has 0 saturated carbocycles. The summed E-state index contributed by atoms with van der Waals surface area (Å²) in [4.78, 5) is 0. The number of halogens is 6. The minimum absolute atomic E-state index is 0.0768. The van der Waals surface area contributed by atoms with E-state index < -0.39 is 35.0 Å². The number of ether oxygens (including phenoxy) is 2. The first kappa shape index (κ1) is 24.1. The molecule has 4 N–H and O–H groups in total. The highest BCUT2D eigenvalue weighted by Crippen LogP contribution is 2.44. The van der Waals surface area contributed by atoms with Crippen LogP contribution in [0.3, 0.4) is 0 Å². The van der Waals surface area contributed by atoms with Crippen molar-refractivity contribution < 1.29 is 35.8 Å². The Morgan fingerprint density at radius 2 is 1.06 bits per heavy atom. The fraction of sp³-hybridized carbons (Fsp3) is 0.217. The Labute approximate surface area is 185 Å². The van der Waals surface area contributed by atoms with E-state index in [9.17, 15) is 26.3 Å². The highest BCUT2D eigenvalue weighted by Gasteiger charge is 2.36. The van der Waals surface area contributed by atoms with Gasteiger partial charge in [0, 0.05) is 11.4 Å². The molecule has 0 aromatic heterocycles. The zero-order valence-corrected chi connectivity index (χ0v) is 17.8. The predicted molar refractivity (Wildman–Crippen MR) is 113 cm³/mol. The smallest absolute Gasteiger partial charge is 0.420 e. The number of benzene rings is 3. The van der Waals surface area contributed by atoms with E-state index in [2.05, 4.69) is 0 Å². The second kappa shape index (κ2) is 8.42. The van der Waals surface area contributed by atoms with Crippen LogP contribution in [-0.4, -0.2) is 0 Å². The van der Waals surface area contributed by atoms with Gasteiger partial charge in [0.25, 0.3) is 0 Å². The van der Waals surface area contributed by atoms with Gasteiger partial charge in [-0.25, -0.2) is 0 Å². The number of nitrogens with two attached hydrogens (primary N) is 2. The fourth-order valence-corrected chi connectivity index (χ4v) is 3.23. The molecule has 0 aliphatic heterocycles. The molecule has 3 aromatic rings. The molecule has 0 fully saturated rings. The van der Waals surface area contributed by atoms with Crippen LogP contribution in [0.15, 0.2) is 42.5 Å². The van der Waals surface area contributed by atoms with E-state index in [1.807, 2.05) is 0 Å². The number of nitrogen functional groups attached to an aromatic ring is 2. The fourth-order valence-electron chi connectivity index (χ4n) is 3.23. The lowest BCUT2D eigenvalue weighted by Crippen LogP contribution is -2.09. The molecule has 10 heteroatoms. The van der Waals surface area contributed by atoms with Gasteiger partial charge in [-0.2, -0.15) is 26.3 Å². The third-order valence-corrected chi connectivity index (χ3v) is 5.03. The summed E-state index contributed by atoms with van der Waals surface area (Å²) in [5.74, 6) is -0.677. The van der Waals surface area contributed by atoms with Crippen LogP contribution in [0, 0.1) is 20.8 Å². The lowest BCUT2D eigenvalue weighted by atomic mass is 10.0. The number of hydrogen-bond acceptors (Lipinski definition) is 4. The monoisotopic (exact) mass is 470 g/mol. The van der Waals surface area contributed by atoms with Gasteiger partial charge in [-0.05, 0) is 79.9 Å². The van der Waals surface area contributed by atoms with E-state index >= 15 is 0 Å². The van der Waals surface area contributed by atoms with Gasteiger partial charge in [-0.15, -0.1) is 0 Å². The maximum Gasteiger partial charge on any atom is 0.420 e. The summed E-state index contributed by atoms with van der Waals surface area (Å²) in [6.07, 6.45) is -9.40. The van der Waals surface area contributed by atoms with Crippen molar-refractivity contribution in [2.24, 2.45) is 0 Å². The SMILES string of the molecule is Cc1cc(Oc2ccc(N)cc2C(F)(F)F)c(C)c(C)c1Oc1ccc(N)cc1C(F)(F)F. The zero-order chi connectivity index (χ0) is 24.7. The van der Waals surface area contributed by atoms with Crippen LogP contribution >= 0.6 is 0 Å². The molecule has 3 aromatic carbocycles. The summed E-state index contributed by atoms with van der Waals surface area (Å²) in [5, 5.41) is 0.